The fraction of sp³-hybridized carbons (Fsp3) is 0.240. The Morgan fingerprint density at radius 2 is 1.46 bits per heavy atom. The first kappa shape index (κ1) is 18.3. The number of aryl methyl sites for hydroxylation is 3. The molecule has 142 valence electrons. The lowest BCUT2D eigenvalue weighted by atomic mass is 9.81. The van der Waals surface area contributed by atoms with Crippen LogP contribution in [-0.2, 0) is 4.84 Å². The molecule has 3 heteroatoms. The van der Waals surface area contributed by atoms with Crippen molar-refractivity contribution >= 4 is 5.71 Å². The summed E-state index contributed by atoms with van der Waals surface area (Å²) in [4.78, 5) is 6.03. The molecule has 0 aliphatic carbocycles. The van der Waals surface area contributed by atoms with Gasteiger partial charge in [0.15, 0.2) is 6.10 Å². The van der Waals surface area contributed by atoms with Gasteiger partial charge < -0.3 is 9.57 Å². The van der Waals surface area contributed by atoms with Gasteiger partial charge in [-0.05, 0) is 55.2 Å². The standard InChI is InChI=1S/C25H25NO2/c1-16-14-17(2)22(18(3)15-16)24-23(19-10-12-21(27-4)13-11-19)25(28-26-24)20-8-6-5-7-9-20/h5-15,23,25H,1-4H3/t23-,25+/m0/s1. The topological polar surface area (TPSA) is 30.8 Å². The van der Waals surface area contributed by atoms with E-state index in [-0.39, 0.29) is 12.0 Å². The highest BCUT2D eigenvalue weighted by atomic mass is 16.6. The first-order chi connectivity index (χ1) is 13.6. The van der Waals surface area contributed by atoms with Gasteiger partial charge in [0.05, 0.1) is 18.7 Å². The largest absolute Gasteiger partial charge is 0.497 e. The summed E-state index contributed by atoms with van der Waals surface area (Å²) in [7, 11) is 1.69. The Kier molecular flexibility index (Phi) is 4.91. The zero-order valence-electron chi connectivity index (χ0n) is 16.8. The molecule has 0 saturated heterocycles. The summed E-state index contributed by atoms with van der Waals surface area (Å²) in [5, 5.41) is 4.60. The molecular weight excluding hydrogens is 346 g/mol. The Balaban J connectivity index is 1.83. The monoisotopic (exact) mass is 371 g/mol. The van der Waals surface area contributed by atoms with Gasteiger partial charge >= 0.3 is 0 Å². The van der Waals surface area contributed by atoms with Gasteiger partial charge in [0.25, 0.3) is 0 Å². The minimum atomic E-state index is -0.148. The van der Waals surface area contributed by atoms with Crippen LogP contribution in [0.1, 0.15) is 45.4 Å². The highest BCUT2D eigenvalue weighted by Gasteiger charge is 2.38. The average Bonchev–Trinajstić information content (AvgIpc) is 3.12. The summed E-state index contributed by atoms with van der Waals surface area (Å²) >= 11 is 0. The van der Waals surface area contributed by atoms with Gasteiger partial charge in [-0.3, -0.25) is 0 Å². The maximum absolute atomic E-state index is 6.03. The van der Waals surface area contributed by atoms with Crippen molar-refractivity contribution in [2.75, 3.05) is 7.11 Å². The van der Waals surface area contributed by atoms with E-state index in [9.17, 15) is 0 Å². The number of oxime groups is 1. The first-order valence-corrected chi connectivity index (χ1v) is 9.59. The van der Waals surface area contributed by atoms with Gasteiger partial charge in [-0.1, -0.05) is 65.3 Å². The van der Waals surface area contributed by atoms with Crippen molar-refractivity contribution < 1.29 is 9.57 Å². The second kappa shape index (κ2) is 7.51. The van der Waals surface area contributed by atoms with Crippen LogP contribution >= 0.6 is 0 Å². The summed E-state index contributed by atoms with van der Waals surface area (Å²) in [6, 6.07) is 23.0. The lowest BCUT2D eigenvalue weighted by molar-refractivity contribution is 0.0763. The SMILES string of the molecule is COc1ccc([C@H]2C(c3c(C)cc(C)cc3C)=NO[C@@H]2c2ccccc2)cc1. The van der Waals surface area contributed by atoms with Crippen molar-refractivity contribution in [2.24, 2.45) is 5.16 Å². The molecule has 0 aromatic heterocycles. The third-order valence-corrected chi connectivity index (χ3v) is 5.40. The molecule has 0 saturated carbocycles. The number of hydrogen-bond donors (Lipinski definition) is 0. The van der Waals surface area contributed by atoms with E-state index in [4.69, 9.17) is 9.57 Å². The summed E-state index contributed by atoms with van der Waals surface area (Å²) in [6.07, 6.45) is -0.148. The fourth-order valence-corrected chi connectivity index (χ4v) is 4.20. The second-order valence-electron chi connectivity index (χ2n) is 7.44. The maximum Gasteiger partial charge on any atom is 0.165 e. The van der Waals surface area contributed by atoms with Crippen LogP contribution in [-0.4, -0.2) is 12.8 Å². The van der Waals surface area contributed by atoms with Crippen LogP contribution in [0.4, 0.5) is 0 Å². The number of ether oxygens (including phenoxy) is 1. The minimum absolute atomic E-state index is 0.0217. The van der Waals surface area contributed by atoms with Crippen LogP contribution in [0.2, 0.25) is 0 Å². The minimum Gasteiger partial charge on any atom is -0.497 e. The van der Waals surface area contributed by atoms with Gasteiger partial charge in [-0.15, -0.1) is 0 Å². The second-order valence-corrected chi connectivity index (χ2v) is 7.44. The summed E-state index contributed by atoms with van der Waals surface area (Å²) in [5.41, 5.74) is 8.20. The van der Waals surface area contributed by atoms with Crippen molar-refractivity contribution in [3.63, 3.8) is 0 Å². The van der Waals surface area contributed by atoms with Crippen molar-refractivity contribution in [3.8, 4) is 5.75 Å². The molecule has 3 nitrogen and oxygen atoms in total. The smallest absolute Gasteiger partial charge is 0.165 e. The molecule has 0 bridgehead atoms. The summed E-state index contributed by atoms with van der Waals surface area (Å²) in [6.45, 7) is 6.43. The predicted molar refractivity (Wildman–Crippen MR) is 113 cm³/mol. The Morgan fingerprint density at radius 3 is 2.07 bits per heavy atom. The number of methoxy groups -OCH3 is 1. The van der Waals surface area contributed by atoms with Gasteiger partial charge in [0.1, 0.15) is 5.75 Å². The van der Waals surface area contributed by atoms with Crippen LogP contribution in [0.25, 0.3) is 0 Å². The molecule has 0 fully saturated rings. The lowest BCUT2D eigenvalue weighted by Gasteiger charge is -2.22. The Hall–Kier alpha value is -3.07. The zero-order chi connectivity index (χ0) is 19.7. The predicted octanol–water partition coefficient (Wildman–Crippen LogP) is 5.88. The molecule has 1 aliphatic heterocycles. The molecule has 0 spiro atoms. The Morgan fingerprint density at radius 1 is 0.821 bits per heavy atom. The molecule has 28 heavy (non-hydrogen) atoms. The normalized spacial score (nSPS) is 18.5. The number of hydrogen-bond acceptors (Lipinski definition) is 3. The van der Waals surface area contributed by atoms with Crippen LogP contribution in [0.3, 0.4) is 0 Å². The third-order valence-electron chi connectivity index (χ3n) is 5.40. The van der Waals surface area contributed by atoms with Gasteiger partial charge in [-0.25, -0.2) is 0 Å². The van der Waals surface area contributed by atoms with Gasteiger partial charge in [0.2, 0.25) is 0 Å². The summed E-state index contributed by atoms with van der Waals surface area (Å²) < 4.78 is 5.34. The van der Waals surface area contributed by atoms with Crippen LogP contribution in [0, 0.1) is 20.8 Å². The molecule has 0 amide bonds. The molecule has 1 heterocycles. The average molecular weight is 371 g/mol. The molecule has 2 atom stereocenters. The molecule has 1 aliphatic rings. The maximum atomic E-state index is 6.03. The molecule has 0 N–H and O–H groups in total. The van der Waals surface area contributed by atoms with E-state index in [1.54, 1.807) is 7.11 Å². The van der Waals surface area contributed by atoms with Crippen molar-refractivity contribution in [3.05, 3.63) is 100 Å². The van der Waals surface area contributed by atoms with E-state index in [2.05, 4.69) is 62.3 Å². The van der Waals surface area contributed by atoms with E-state index in [1.807, 2.05) is 30.3 Å². The van der Waals surface area contributed by atoms with Gasteiger partial charge in [-0.2, -0.15) is 0 Å². The van der Waals surface area contributed by atoms with E-state index < -0.39 is 0 Å². The van der Waals surface area contributed by atoms with Crippen molar-refractivity contribution in [1.29, 1.82) is 0 Å². The Bertz CT molecular complexity index is 983. The zero-order valence-corrected chi connectivity index (χ0v) is 16.8. The highest BCUT2D eigenvalue weighted by molar-refractivity contribution is 6.08. The Labute approximate surface area is 166 Å². The molecule has 3 aromatic rings. The van der Waals surface area contributed by atoms with Crippen molar-refractivity contribution in [1.82, 2.24) is 0 Å². The molecule has 0 radical (unpaired) electrons. The van der Waals surface area contributed by atoms with E-state index in [1.165, 1.54) is 27.8 Å². The van der Waals surface area contributed by atoms with E-state index >= 15 is 0 Å². The molecule has 0 unspecified atom stereocenters. The number of benzene rings is 3. The first-order valence-electron chi connectivity index (χ1n) is 9.59. The fourth-order valence-electron chi connectivity index (χ4n) is 4.20. The van der Waals surface area contributed by atoms with Crippen LogP contribution in [0.5, 0.6) is 5.75 Å². The van der Waals surface area contributed by atoms with Gasteiger partial charge in [0, 0.05) is 5.56 Å². The van der Waals surface area contributed by atoms with Crippen LogP contribution in [0.15, 0.2) is 71.9 Å². The number of rotatable bonds is 4. The molecular formula is C25H25NO2. The summed E-state index contributed by atoms with van der Waals surface area (Å²) in [5.74, 6) is 0.869. The third kappa shape index (κ3) is 3.29. The van der Waals surface area contributed by atoms with E-state index in [0.29, 0.717) is 0 Å². The van der Waals surface area contributed by atoms with E-state index in [0.717, 1.165) is 17.0 Å². The lowest BCUT2D eigenvalue weighted by Crippen LogP contribution is -2.18. The number of nitrogens with zero attached hydrogens (tertiary/aromatic N) is 1. The quantitative estimate of drug-likeness (QED) is 0.573. The molecule has 4 rings (SSSR count). The van der Waals surface area contributed by atoms with Crippen molar-refractivity contribution in [2.45, 2.75) is 32.8 Å². The molecule has 3 aromatic carbocycles. The van der Waals surface area contributed by atoms with Crippen LogP contribution < -0.4 is 4.74 Å². The highest BCUT2D eigenvalue weighted by Crippen LogP contribution is 2.43.